The van der Waals surface area contributed by atoms with Gasteiger partial charge in [0.25, 0.3) is 5.91 Å². The summed E-state index contributed by atoms with van der Waals surface area (Å²) in [7, 11) is 1.58. The van der Waals surface area contributed by atoms with Crippen LogP contribution in [-0.2, 0) is 20.7 Å². The third-order valence-electron chi connectivity index (χ3n) is 5.02. The molecule has 26 heavy (non-hydrogen) atoms. The second-order valence-electron chi connectivity index (χ2n) is 6.90. The zero-order valence-electron chi connectivity index (χ0n) is 15.2. The maximum Gasteiger partial charge on any atom is 0.310 e. The summed E-state index contributed by atoms with van der Waals surface area (Å²) < 4.78 is 15.7. The van der Waals surface area contributed by atoms with E-state index in [1.807, 2.05) is 12.1 Å². The van der Waals surface area contributed by atoms with Crippen LogP contribution in [0.1, 0.15) is 38.2 Å². The highest BCUT2D eigenvalue weighted by Gasteiger charge is 2.23. The van der Waals surface area contributed by atoms with Gasteiger partial charge in [-0.1, -0.05) is 19.8 Å². The number of carbonyl (C=O) groups is 2. The summed E-state index contributed by atoms with van der Waals surface area (Å²) in [5, 5.41) is 3.81. The van der Waals surface area contributed by atoms with E-state index in [9.17, 15) is 9.59 Å². The van der Waals surface area contributed by atoms with Crippen LogP contribution >= 0.6 is 0 Å². The van der Waals surface area contributed by atoms with E-state index in [0.717, 1.165) is 30.2 Å². The maximum atomic E-state index is 12.1. The van der Waals surface area contributed by atoms with Crippen molar-refractivity contribution in [1.29, 1.82) is 0 Å². The Morgan fingerprint density at radius 2 is 2.08 bits per heavy atom. The molecule has 1 aliphatic rings. The Labute approximate surface area is 152 Å². The van der Waals surface area contributed by atoms with E-state index in [1.165, 1.54) is 12.7 Å². The van der Waals surface area contributed by atoms with Crippen LogP contribution in [0.15, 0.2) is 28.9 Å². The van der Waals surface area contributed by atoms with Gasteiger partial charge in [0.05, 0.1) is 19.8 Å². The number of hydrogen-bond acceptors (Lipinski definition) is 5. The van der Waals surface area contributed by atoms with E-state index in [2.05, 4.69) is 12.2 Å². The Balaban J connectivity index is 1.50. The summed E-state index contributed by atoms with van der Waals surface area (Å²) in [5.74, 6) is 0.474. The summed E-state index contributed by atoms with van der Waals surface area (Å²) in [4.78, 5) is 24.1. The largest absolute Gasteiger partial charge is 0.497 e. The van der Waals surface area contributed by atoms with Crippen LogP contribution in [0.2, 0.25) is 0 Å². The first-order valence-electron chi connectivity index (χ1n) is 9.06. The molecule has 1 amide bonds. The number of hydrogen-bond donors (Lipinski definition) is 1. The molecule has 2 unspecified atom stereocenters. The van der Waals surface area contributed by atoms with Crippen molar-refractivity contribution < 1.29 is 23.5 Å². The molecule has 1 fully saturated rings. The van der Waals surface area contributed by atoms with Gasteiger partial charge in [0.2, 0.25) is 0 Å². The lowest BCUT2D eigenvalue weighted by molar-refractivity contribution is -0.148. The fourth-order valence-electron chi connectivity index (χ4n) is 3.46. The summed E-state index contributed by atoms with van der Waals surface area (Å²) in [6.45, 7) is 1.90. The van der Waals surface area contributed by atoms with Gasteiger partial charge in [-0.2, -0.15) is 0 Å². The van der Waals surface area contributed by atoms with Crippen molar-refractivity contribution >= 4 is 22.8 Å². The predicted octanol–water partition coefficient (Wildman–Crippen LogP) is 3.22. The number of amides is 1. The number of fused-ring (bicyclic) bond motifs is 1. The summed E-state index contributed by atoms with van der Waals surface area (Å²) in [5.41, 5.74) is 1.38. The van der Waals surface area contributed by atoms with E-state index < -0.39 is 5.97 Å². The number of benzene rings is 1. The molecule has 1 heterocycles. The monoisotopic (exact) mass is 359 g/mol. The van der Waals surface area contributed by atoms with E-state index in [1.54, 1.807) is 13.2 Å². The molecule has 6 heteroatoms. The molecule has 0 radical (unpaired) electrons. The van der Waals surface area contributed by atoms with Gasteiger partial charge >= 0.3 is 5.97 Å². The molecule has 1 aromatic carbocycles. The third-order valence-corrected chi connectivity index (χ3v) is 5.02. The van der Waals surface area contributed by atoms with E-state index >= 15 is 0 Å². The lowest BCUT2D eigenvalue weighted by Gasteiger charge is -2.29. The van der Waals surface area contributed by atoms with E-state index in [-0.39, 0.29) is 25.0 Å². The van der Waals surface area contributed by atoms with Crippen molar-refractivity contribution in [3.05, 3.63) is 30.0 Å². The number of furan rings is 1. The van der Waals surface area contributed by atoms with Crippen LogP contribution < -0.4 is 10.1 Å². The van der Waals surface area contributed by atoms with Gasteiger partial charge in [-0.15, -0.1) is 0 Å². The van der Waals surface area contributed by atoms with Crippen molar-refractivity contribution in [3.8, 4) is 5.75 Å². The van der Waals surface area contributed by atoms with Crippen molar-refractivity contribution in [2.24, 2.45) is 5.92 Å². The number of esters is 1. The van der Waals surface area contributed by atoms with Crippen molar-refractivity contribution in [2.45, 2.75) is 45.1 Å². The van der Waals surface area contributed by atoms with Crippen LogP contribution in [0.5, 0.6) is 5.75 Å². The second-order valence-corrected chi connectivity index (χ2v) is 6.90. The zero-order chi connectivity index (χ0) is 18.5. The van der Waals surface area contributed by atoms with Gasteiger partial charge in [0.15, 0.2) is 6.61 Å². The molecular weight excluding hydrogens is 334 g/mol. The predicted molar refractivity (Wildman–Crippen MR) is 97.0 cm³/mol. The molecule has 1 aliphatic carbocycles. The Hall–Kier alpha value is -2.50. The van der Waals surface area contributed by atoms with Gasteiger partial charge in [-0.3, -0.25) is 9.59 Å². The number of ether oxygens (including phenoxy) is 2. The highest BCUT2D eigenvalue weighted by Crippen LogP contribution is 2.26. The Kier molecular flexibility index (Phi) is 5.81. The van der Waals surface area contributed by atoms with Crippen LogP contribution in [0.25, 0.3) is 11.0 Å². The maximum absolute atomic E-state index is 12.1. The Bertz CT molecular complexity index is 782. The van der Waals surface area contributed by atoms with Gasteiger partial charge in [0, 0.05) is 23.1 Å². The molecule has 1 N–H and O–H groups in total. The van der Waals surface area contributed by atoms with Crippen LogP contribution in [0, 0.1) is 5.92 Å². The molecule has 0 saturated heterocycles. The van der Waals surface area contributed by atoms with Crippen LogP contribution in [0.3, 0.4) is 0 Å². The molecular formula is C20H25NO5. The average molecular weight is 359 g/mol. The smallest absolute Gasteiger partial charge is 0.310 e. The molecule has 3 rings (SSSR count). The number of nitrogens with one attached hydrogen (secondary N) is 1. The molecule has 1 saturated carbocycles. The van der Waals surface area contributed by atoms with Crippen molar-refractivity contribution in [2.75, 3.05) is 13.7 Å². The zero-order valence-corrected chi connectivity index (χ0v) is 15.2. The van der Waals surface area contributed by atoms with Crippen molar-refractivity contribution in [3.63, 3.8) is 0 Å². The third kappa shape index (κ3) is 4.36. The van der Waals surface area contributed by atoms with E-state index in [4.69, 9.17) is 13.9 Å². The molecule has 2 atom stereocenters. The number of rotatable bonds is 6. The quantitative estimate of drug-likeness (QED) is 0.801. The minimum atomic E-state index is -0.449. The van der Waals surface area contributed by atoms with Crippen LogP contribution in [-0.4, -0.2) is 31.6 Å². The van der Waals surface area contributed by atoms with E-state index in [0.29, 0.717) is 17.3 Å². The molecule has 6 nitrogen and oxygen atoms in total. The first-order valence-corrected chi connectivity index (χ1v) is 9.06. The molecule has 140 valence electrons. The lowest BCUT2D eigenvalue weighted by atomic mass is 9.86. The van der Waals surface area contributed by atoms with Crippen molar-refractivity contribution in [1.82, 2.24) is 5.32 Å². The van der Waals surface area contributed by atoms with Crippen LogP contribution in [0.4, 0.5) is 0 Å². The standard InChI is InChI=1S/C20H25NO5/c1-13-5-3-4-6-17(13)21-19(22)12-26-20(23)9-14-11-25-18-10-15(24-2)7-8-16(14)18/h7-8,10-11,13,17H,3-6,9,12H2,1-2H3,(H,21,22). The minimum absolute atomic E-state index is 0.0619. The minimum Gasteiger partial charge on any atom is -0.497 e. The molecule has 0 bridgehead atoms. The summed E-state index contributed by atoms with van der Waals surface area (Å²) in [6, 6.07) is 5.61. The van der Waals surface area contributed by atoms with Gasteiger partial charge in [0.1, 0.15) is 11.3 Å². The highest BCUT2D eigenvalue weighted by molar-refractivity contribution is 5.87. The normalized spacial score (nSPS) is 19.9. The van der Waals surface area contributed by atoms with Gasteiger partial charge in [-0.05, 0) is 30.9 Å². The topological polar surface area (TPSA) is 77.8 Å². The molecule has 1 aromatic heterocycles. The fourth-order valence-corrected chi connectivity index (χ4v) is 3.46. The first-order chi connectivity index (χ1) is 12.6. The Morgan fingerprint density at radius 3 is 2.85 bits per heavy atom. The Morgan fingerprint density at radius 1 is 1.27 bits per heavy atom. The first kappa shape index (κ1) is 18.3. The summed E-state index contributed by atoms with van der Waals surface area (Å²) in [6.07, 6.45) is 6.07. The lowest BCUT2D eigenvalue weighted by Crippen LogP contribution is -2.42. The summed E-state index contributed by atoms with van der Waals surface area (Å²) >= 11 is 0. The fraction of sp³-hybridized carbons (Fsp3) is 0.500. The van der Waals surface area contributed by atoms with Gasteiger partial charge in [-0.25, -0.2) is 0 Å². The second kappa shape index (κ2) is 8.25. The highest BCUT2D eigenvalue weighted by atomic mass is 16.5. The molecule has 0 aliphatic heterocycles. The molecule has 0 spiro atoms. The van der Waals surface area contributed by atoms with Gasteiger partial charge < -0.3 is 19.2 Å². The number of methoxy groups -OCH3 is 1. The average Bonchev–Trinajstić information content (AvgIpc) is 3.04. The SMILES string of the molecule is COc1ccc2c(CC(=O)OCC(=O)NC3CCCCC3C)coc2c1. The molecule has 2 aromatic rings. The number of carbonyl (C=O) groups excluding carboxylic acids is 2.